The van der Waals surface area contributed by atoms with E-state index in [2.05, 4.69) is 4.98 Å². The van der Waals surface area contributed by atoms with E-state index in [0.717, 1.165) is 17.7 Å². The van der Waals surface area contributed by atoms with Gasteiger partial charge in [-0.3, -0.25) is 9.78 Å². The number of hydrogen-bond donors (Lipinski definition) is 0. The highest BCUT2D eigenvalue weighted by atomic mass is 19.1. The van der Waals surface area contributed by atoms with Crippen LogP contribution in [0.5, 0.6) is 0 Å². The summed E-state index contributed by atoms with van der Waals surface area (Å²) >= 11 is 0. The maximum absolute atomic E-state index is 13.4. The largest absolute Gasteiger partial charge is 0.294 e. The molecule has 0 aliphatic heterocycles. The second-order valence-corrected chi connectivity index (χ2v) is 3.88. The highest BCUT2D eigenvalue weighted by Gasteiger charge is 2.16. The standard InChI is InChI=1S/C14H11F2NO/c15-11-4-1-5-12(16)14(11)13(18)7-6-10-3-2-8-17-9-10/h1-5,8-9H,6-7H2. The number of carbonyl (C=O) groups excluding carboxylic acids is 1. The molecule has 0 aliphatic carbocycles. The number of rotatable bonds is 4. The average Bonchev–Trinajstić information content (AvgIpc) is 2.37. The molecule has 92 valence electrons. The van der Waals surface area contributed by atoms with E-state index in [-0.39, 0.29) is 6.42 Å². The van der Waals surface area contributed by atoms with E-state index in [9.17, 15) is 13.6 Å². The van der Waals surface area contributed by atoms with Crippen LogP contribution in [0.4, 0.5) is 8.78 Å². The van der Waals surface area contributed by atoms with Crippen LogP contribution in [0.15, 0.2) is 42.7 Å². The summed E-state index contributed by atoms with van der Waals surface area (Å²) in [5.41, 5.74) is 0.406. The number of Topliss-reactive ketones (excluding diaryl/α,β-unsaturated/α-hetero) is 1. The Morgan fingerprint density at radius 3 is 2.44 bits per heavy atom. The summed E-state index contributed by atoms with van der Waals surface area (Å²) in [4.78, 5) is 15.7. The Balaban J connectivity index is 2.09. The first-order valence-corrected chi connectivity index (χ1v) is 5.54. The van der Waals surface area contributed by atoms with E-state index < -0.39 is 23.0 Å². The van der Waals surface area contributed by atoms with Crippen molar-refractivity contribution in [1.29, 1.82) is 0 Å². The predicted octanol–water partition coefficient (Wildman–Crippen LogP) is 3.18. The van der Waals surface area contributed by atoms with Crippen molar-refractivity contribution < 1.29 is 13.6 Å². The van der Waals surface area contributed by atoms with Crippen LogP contribution < -0.4 is 0 Å². The lowest BCUT2D eigenvalue weighted by Crippen LogP contribution is -2.07. The summed E-state index contributed by atoms with van der Waals surface area (Å²) in [5, 5.41) is 0. The quantitative estimate of drug-likeness (QED) is 0.777. The third kappa shape index (κ3) is 2.77. The summed E-state index contributed by atoms with van der Waals surface area (Å²) in [5.74, 6) is -2.16. The Labute approximate surface area is 103 Å². The monoisotopic (exact) mass is 247 g/mol. The second-order valence-electron chi connectivity index (χ2n) is 3.88. The van der Waals surface area contributed by atoms with E-state index in [1.807, 2.05) is 6.07 Å². The molecule has 0 bridgehead atoms. The molecule has 4 heteroatoms. The van der Waals surface area contributed by atoms with Gasteiger partial charge in [0.15, 0.2) is 5.78 Å². The topological polar surface area (TPSA) is 30.0 Å². The first-order chi connectivity index (χ1) is 8.68. The first kappa shape index (κ1) is 12.4. The van der Waals surface area contributed by atoms with Crippen LogP contribution >= 0.6 is 0 Å². The molecule has 1 heterocycles. The lowest BCUT2D eigenvalue weighted by Gasteiger charge is -2.04. The number of benzene rings is 1. The molecule has 0 amide bonds. The third-order valence-electron chi connectivity index (χ3n) is 2.61. The van der Waals surface area contributed by atoms with Gasteiger partial charge in [0, 0.05) is 18.8 Å². The van der Waals surface area contributed by atoms with Crippen molar-refractivity contribution in [3.8, 4) is 0 Å². The summed E-state index contributed by atoms with van der Waals surface area (Å²) in [6.07, 6.45) is 3.73. The fourth-order valence-corrected chi connectivity index (χ4v) is 1.69. The van der Waals surface area contributed by atoms with E-state index in [1.54, 1.807) is 18.5 Å². The van der Waals surface area contributed by atoms with Gasteiger partial charge in [-0.05, 0) is 30.2 Å². The number of ketones is 1. The number of nitrogens with zero attached hydrogens (tertiary/aromatic N) is 1. The fraction of sp³-hybridized carbons (Fsp3) is 0.143. The van der Waals surface area contributed by atoms with Crippen molar-refractivity contribution in [3.63, 3.8) is 0 Å². The van der Waals surface area contributed by atoms with Crippen molar-refractivity contribution in [2.24, 2.45) is 0 Å². The van der Waals surface area contributed by atoms with Gasteiger partial charge in [-0.2, -0.15) is 0 Å². The minimum absolute atomic E-state index is 0.0591. The van der Waals surface area contributed by atoms with Gasteiger partial charge >= 0.3 is 0 Å². The molecular formula is C14H11F2NO. The lowest BCUT2D eigenvalue weighted by molar-refractivity contribution is 0.0974. The van der Waals surface area contributed by atoms with Crippen molar-refractivity contribution in [3.05, 3.63) is 65.5 Å². The molecule has 0 aliphatic rings. The average molecular weight is 247 g/mol. The van der Waals surface area contributed by atoms with Crippen LogP contribution in [-0.4, -0.2) is 10.8 Å². The fourth-order valence-electron chi connectivity index (χ4n) is 1.69. The molecule has 1 aromatic heterocycles. The van der Waals surface area contributed by atoms with Crippen LogP contribution in [-0.2, 0) is 6.42 Å². The molecular weight excluding hydrogens is 236 g/mol. The van der Waals surface area contributed by atoms with E-state index in [0.29, 0.717) is 6.42 Å². The van der Waals surface area contributed by atoms with Crippen molar-refractivity contribution in [1.82, 2.24) is 4.98 Å². The van der Waals surface area contributed by atoms with Gasteiger partial charge < -0.3 is 0 Å². The summed E-state index contributed by atoms with van der Waals surface area (Å²) in [6, 6.07) is 6.98. The van der Waals surface area contributed by atoms with Gasteiger partial charge in [-0.25, -0.2) is 8.78 Å². The van der Waals surface area contributed by atoms with Gasteiger partial charge in [0.05, 0.1) is 5.56 Å². The molecule has 0 atom stereocenters. The summed E-state index contributed by atoms with van der Waals surface area (Å²) in [6.45, 7) is 0. The molecule has 0 saturated carbocycles. The van der Waals surface area contributed by atoms with E-state index in [4.69, 9.17) is 0 Å². The van der Waals surface area contributed by atoms with Crippen LogP contribution in [0.1, 0.15) is 22.3 Å². The minimum Gasteiger partial charge on any atom is -0.294 e. The number of aryl methyl sites for hydroxylation is 1. The normalized spacial score (nSPS) is 10.3. The molecule has 0 radical (unpaired) electrons. The molecule has 2 rings (SSSR count). The van der Waals surface area contributed by atoms with Crippen LogP contribution in [0.3, 0.4) is 0 Å². The number of carbonyl (C=O) groups is 1. The number of hydrogen-bond acceptors (Lipinski definition) is 2. The molecule has 0 saturated heterocycles. The molecule has 2 aromatic rings. The lowest BCUT2D eigenvalue weighted by atomic mass is 10.0. The van der Waals surface area contributed by atoms with Gasteiger partial charge in [-0.1, -0.05) is 12.1 Å². The Kier molecular flexibility index (Phi) is 3.77. The Morgan fingerprint density at radius 1 is 1.11 bits per heavy atom. The maximum atomic E-state index is 13.4. The van der Waals surface area contributed by atoms with Crippen LogP contribution in [0, 0.1) is 11.6 Å². The number of aromatic nitrogens is 1. The maximum Gasteiger partial charge on any atom is 0.169 e. The van der Waals surface area contributed by atoms with E-state index >= 15 is 0 Å². The first-order valence-electron chi connectivity index (χ1n) is 5.54. The number of halogens is 2. The molecule has 1 aromatic carbocycles. The Morgan fingerprint density at radius 2 is 1.83 bits per heavy atom. The minimum atomic E-state index is -0.814. The van der Waals surface area contributed by atoms with Crippen molar-refractivity contribution >= 4 is 5.78 Å². The highest BCUT2D eigenvalue weighted by Crippen LogP contribution is 2.15. The molecule has 0 fully saturated rings. The molecule has 2 nitrogen and oxygen atoms in total. The van der Waals surface area contributed by atoms with Crippen molar-refractivity contribution in [2.45, 2.75) is 12.8 Å². The summed E-state index contributed by atoms with van der Waals surface area (Å²) < 4.78 is 26.7. The van der Waals surface area contributed by atoms with Crippen LogP contribution in [0.2, 0.25) is 0 Å². The van der Waals surface area contributed by atoms with E-state index in [1.165, 1.54) is 6.07 Å². The Hall–Kier alpha value is -2.10. The molecule has 0 unspecified atom stereocenters. The van der Waals surface area contributed by atoms with Gasteiger partial charge in [0.25, 0.3) is 0 Å². The Bertz CT molecular complexity index is 535. The zero-order valence-corrected chi connectivity index (χ0v) is 9.57. The van der Waals surface area contributed by atoms with Crippen molar-refractivity contribution in [2.75, 3.05) is 0 Å². The van der Waals surface area contributed by atoms with Gasteiger partial charge in [0.2, 0.25) is 0 Å². The zero-order chi connectivity index (χ0) is 13.0. The molecule has 0 N–H and O–H groups in total. The second kappa shape index (κ2) is 5.49. The van der Waals surface area contributed by atoms with Crippen LogP contribution in [0.25, 0.3) is 0 Å². The van der Waals surface area contributed by atoms with Gasteiger partial charge in [-0.15, -0.1) is 0 Å². The number of pyridine rings is 1. The molecule has 18 heavy (non-hydrogen) atoms. The smallest absolute Gasteiger partial charge is 0.169 e. The molecule has 0 spiro atoms. The zero-order valence-electron chi connectivity index (χ0n) is 9.57. The SMILES string of the molecule is O=C(CCc1cccnc1)c1c(F)cccc1F. The van der Waals surface area contributed by atoms with Gasteiger partial charge in [0.1, 0.15) is 11.6 Å². The third-order valence-corrected chi connectivity index (χ3v) is 2.61. The predicted molar refractivity (Wildman–Crippen MR) is 63.2 cm³/mol. The summed E-state index contributed by atoms with van der Waals surface area (Å²) in [7, 11) is 0. The highest BCUT2D eigenvalue weighted by molar-refractivity contribution is 5.96.